The van der Waals surface area contributed by atoms with Gasteiger partial charge in [0.15, 0.2) is 0 Å². The number of hydrogen-bond acceptors (Lipinski definition) is 3. The SMILES string of the molecule is Cc1cc(F)cc(C)c1Oc1ncc(C(=O)O)cc1Br. The number of aryl methyl sites for hydroxylation is 2. The van der Waals surface area contributed by atoms with Crippen molar-refractivity contribution in [2.45, 2.75) is 13.8 Å². The van der Waals surface area contributed by atoms with E-state index in [0.29, 0.717) is 21.3 Å². The van der Waals surface area contributed by atoms with Crippen LogP contribution in [0.4, 0.5) is 4.39 Å². The number of carbonyl (C=O) groups is 1. The van der Waals surface area contributed by atoms with E-state index >= 15 is 0 Å². The molecule has 0 bridgehead atoms. The average Bonchev–Trinajstić information content (AvgIpc) is 2.34. The molecule has 1 aromatic carbocycles. The van der Waals surface area contributed by atoms with Crippen LogP contribution in [-0.2, 0) is 0 Å². The molecule has 2 aromatic rings. The van der Waals surface area contributed by atoms with E-state index in [-0.39, 0.29) is 17.3 Å². The average molecular weight is 340 g/mol. The van der Waals surface area contributed by atoms with Crippen LogP contribution in [0.5, 0.6) is 11.6 Å². The van der Waals surface area contributed by atoms with Gasteiger partial charge in [0.1, 0.15) is 11.6 Å². The summed E-state index contributed by atoms with van der Waals surface area (Å²) in [5, 5.41) is 8.87. The Morgan fingerprint density at radius 2 is 1.90 bits per heavy atom. The third kappa shape index (κ3) is 2.96. The number of aromatic carboxylic acids is 1. The van der Waals surface area contributed by atoms with Crippen LogP contribution in [0.3, 0.4) is 0 Å². The maximum absolute atomic E-state index is 13.2. The van der Waals surface area contributed by atoms with Crippen molar-refractivity contribution in [3.8, 4) is 11.6 Å². The molecule has 0 saturated carbocycles. The molecule has 1 aromatic heterocycles. The molecule has 0 amide bonds. The van der Waals surface area contributed by atoms with E-state index in [1.165, 1.54) is 24.4 Å². The molecule has 4 nitrogen and oxygen atoms in total. The van der Waals surface area contributed by atoms with Crippen molar-refractivity contribution in [2.24, 2.45) is 0 Å². The zero-order valence-electron chi connectivity index (χ0n) is 10.8. The van der Waals surface area contributed by atoms with Gasteiger partial charge >= 0.3 is 5.97 Å². The van der Waals surface area contributed by atoms with Gasteiger partial charge in [-0.2, -0.15) is 0 Å². The van der Waals surface area contributed by atoms with Gasteiger partial charge in [0.25, 0.3) is 0 Å². The second kappa shape index (κ2) is 5.58. The standard InChI is InChI=1S/C14H11BrFNO3/c1-7-3-10(16)4-8(2)12(7)20-13-11(15)5-9(6-17-13)14(18)19/h3-6H,1-2H3,(H,18,19). The molecule has 0 spiro atoms. The van der Waals surface area contributed by atoms with Gasteiger partial charge in [0.2, 0.25) is 5.88 Å². The Balaban J connectivity index is 2.38. The van der Waals surface area contributed by atoms with Crippen molar-refractivity contribution in [2.75, 3.05) is 0 Å². The number of pyridine rings is 1. The Hall–Kier alpha value is -1.95. The first-order valence-electron chi connectivity index (χ1n) is 5.72. The van der Waals surface area contributed by atoms with Crippen LogP contribution in [0.15, 0.2) is 28.9 Å². The quantitative estimate of drug-likeness (QED) is 0.914. The molecular formula is C14H11BrFNO3. The molecule has 0 aliphatic heterocycles. The van der Waals surface area contributed by atoms with Crippen molar-refractivity contribution < 1.29 is 19.0 Å². The predicted octanol–water partition coefficient (Wildman–Crippen LogP) is 4.09. The van der Waals surface area contributed by atoms with E-state index in [0.717, 1.165) is 0 Å². The summed E-state index contributed by atoms with van der Waals surface area (Å²) in [6.45, 7) is 3.45. The summed E-state index contributed by atoms with van der Waals surface area (Å²) in [5.74, 6) is -0.671. The van der Waals surface area contributed by atoms with Crippen molar-refractivity contribution in [3.63, 3.8) is 0 Å². The lowest BCUT2D eigenvalue weighted by molar-refractivity contribution is 0.0696. The zero-order valence-corrected chi connectivity index (χ0v) is 12.4. The second-order valence-electron chi connectivity index (χ2n) is 4.29. The van der Waals surface area contributed by atoms with Gasteiger partial charge in [-0.05, 0) is 59.1 Å². The smallest absolute Gasteiger partial charge is 0.337 e. The number of ether oxygens (including phenoxy) is 1. The number of carboxylic acid groups (broad SMARTS) is 1. The lowest BCUT2D eigenvalue weighted by Crippen LogP contribution is -2.00. The van der Waals surface area contributed by atoms with Crippen LogP contribution in [0.25, 0.3) is 0 Å². The largest absolute Gasteiger partial charge is 0.478 e. The highest BCUT2D eigenvalue weighted by molar-refractivity contribution is 9.10. The second-order valence-corrected chi connectivity index (χ2v) is 5.14. The lowest BCUT2D eigenvalue weighted by Gasteiger charge is -2.12. The van der Waals surface area contributed by atoms with Crippen LogP contribution < -0.4 is 4.74 Å². The molecule has 0 aliphatic carbocycles. The molecule has 0 fully saturated rings. The maximum atomic E-state index is 13.2. The fraction of sp³-hybridized carbons (Fsp3) is 0.143. The number of nitrogens with zero attached hydrogens (tertiary/aromatic N) is 1. The number of aromatic nitrogens is 1. The van der Waals surface area contributed by atoms with Gasteiger partial charge in [-0.25, -0.2) is 14.2 Å². The summed E-state index contributed by atoms with van der Waals surface area (Å²) >= 11 is 3.21. The molecule has 0 unspecified atom stereocenters. The Morgan fingerprint density at radius 1 is 1.30 bits per heavy atom. The minimum Gasteiger partial charge on any atom is -0.478 e. The number of carboxylic acids is 1. The molecule has 2 rings (SSSR count). The molecular weight excluding hydrogens is 329 g/mol. The minimum atomic E-state index is -1.07. The summed E-state index contributed by atoms with van der Waals surface area (Å²) in [4.78, 5) is 14.8. The first-order chi connectivity index (χ1) is 9.38. The molecule has 1 heterocycles. The van der Waals surface area contributed by atoms with E-state index in [9.17, 15) is 9.18 Å². The van der Waals surface area contributed by atoms with Crippen LogP contribution in [-0.4, -0.2) is 16.1 Å². The van der Waals surface area contributed by atoms with E-state index in [1.54, 1.807) is 13.8 Å². The molecule has 0 radical (unpaired) electrons. The molecule has 20 heavy (non-hydrogen) atoms. The summed E-state index contributed by atoms with van der Waals surface area (Å²) < 4.78 is 19.3. The van der Waals surface area contributed by atoms with Crippen molar-refractivity contribution in [1.82, 2.24) is 4.98 Å². The highest BCUT2D eigenvalue weighted by Crippen LogP contribution is 2.32. The monoisotopic (exact) mass is 339 g/mol. The Labute approximate surface area is 123 Å². The normalized spacial score (nSPS) is 10.4. The van der Waals surface area contributed by atoms with Gasteiger partial charge < -0.3 is 9.84 Å². The highest BCUT2D eigenvalue weighted by atomic mass is 79.9. The summed E-state index contributed by atoms with van der Waals surface area (Å²) in [6, 6.07) is 4.13. The van der Waals surface area contributed by atoms with E-state index in [4.69, 9.17) is 9.84 Å². The van der Waals surface area contributed by atoms with Crippen molar-refractivity contribution in [1.29, 1.82) is 0 Å². The third-order valence-electron chi connectivity index (χ3n) is 2.68. The minimum absolute atomic E-state index is 0.0526. The Bertz CT molecular complexity index is 665. The molecule has 6 heteroatoms. The molecule has 0 atom stereocenters. The summed E-state index contributed by atoms with van der Waals surface area (Å²) in [7, 11) is 0. The zero-order chi connectivity index (χ0) is 14.9. The molecule has 1 N–H and O–H groups in total. The van der Waals surface area contributed by atoms with Crippen LogP contribution in [0.1, 0.15) is 21.5 Å². The Morgan fingerprint density at radius 3 is 2.40 bits per heavy atom. The third-order valence-corrected chi connectivity index (χ3v) is 3.25. The first-order valence-corrected chi connectivity index (χ1v) is 6.51. The van der Waals surface area contributed by atoms with E-state index < -0.39 is 5.97 Å². The van der Waals surface area contributed by atoms with Gasteiger partial charge in [-0.3, -0.25) is 0 Å². The van der Waals surface area contributed by atoms with Crippen molar-refractivity contribution >= 4 is 21.9 Å². The fourth-order valence-electron chi connectivity index (χ4n) is 1.77. The predicted molar refractivity (Wildman–Crippen MR) is 74.8 cm³/mol. The fourth-order valence-corrected chi connectivity index (χ4v) is 2.20. The summed E-state index contributed by atoms with van der Waals surface area (Å²) in [5.41, 5.74) is 1.33. The van der Waals surface area contributed by atoms with Gasteiger partial charge in [-0.15, -0.1) is 0 Å². The van der Waals surface area contributed by atoms with Gasteiger partial charge in [0, 0.05) is 6.20 Å². The van der Waals surface area contributed by atoms with E-state index in [2.05, 4.69) is 20.9 Å². The maximum Gasteiger partial charge on any atom is 0.337 e. The summed E-state index contributed by atoms with van der Waals surface area (Å²) in [6.07, 6.45) is 1.20. The lowest BCUT2D eigenvalue weighted by atomic mass is 10.1. The Kier molecular flexibility index (Phi) is 4.04. The topological polar surface area (TPSA) is 59.4 Å². The number of hydrogen-bond donors (Lipinski definition) is 1. The number of benzene rings is 1. The van der Waals surface area contributed by atoms with Gasteiger partial charge in [0.05, 0.1) is 10.0 Å². The van der Waals surface area contributed by atoms with Crippen LogP contribution in [0, 0.1) is 19.7 Å². The van der Waals surface area contributed by atoms with Crippen LogP contribution >= 0.6 is 15.9 Å². The number of rotatable bonds is 3. The molecule has 104 valence electrons. The highest BCUT2D eigenvalue weighted by Gasteiger charge is 2.13. The number of halogens is 2. The molecule has 0 aliphatic rings. The van der Waals surface area contributed by atoms with E-state index in [1.807, 2.05) is 0 Å². The first kappa shape index (κ1) is 14.5. The molecule has 0 saturated heterocycles. The van der Waals surface area contributed by atoms with Gasteiger partial charge in [-0.1, -0.05) is 0 Å². The van der Waals surface area contributed by atoms with Crippen LogP contribution in [0.2, 0.25) is 0 Å². The van der Waals surface area contributed by atoms with Crippen molar-refractivity contribution in [3.05, 3.63) is 51.4 Å².